The molecule has 1 aromatic carbocycles. The molecule has 6 nitrogen and oxygen atoms in total. The zero-order chi connectivity index (χ0) is 11.4. The van der Waals surface area contributed by atoms with Gasteiger partial charge in [-0.3, -0.25) is 4.79 Å². The lowest BCUT2D eigenvalue weighted by Crippen LogP contribution is -2.19. The van der Waals surface area contributed by atoms with E-state index in [0.29, 0.717) is 11.4 Å². The number of hydrogen-bond acceptors (Lipinski definition) is 4. The summed E-state index contributed by atoms with van der Waals surface area (Å²) < 4.78 is 1.45. The Morgan fingerprint density at radius 3 is 3.06 bits per heavy atom. The van der Waals surface area contributed by atoms with Crippen LogP contribution in [0.25, 0.3) is 0 Å². The Balaban J connectivity index is 1.97. The fourth-order valence-electron chi connectivity index (χ4n) is 1.28. The van der Waals surface area contributed by atoms with Crippen molar-refractivity contribution in [1.82, 2.24) is 14.8 Å². The smallest absolute Gasteiger partial charge is 0.246 e. The van der Waals surface area contributed by atoms with E-state index >= 15 is 0 Å². The fraction of sp³-hybridized carbons (Fsp3) is 0.100. The lowest BCUT2D eigenvalue weighted by atomic mass is 10.3. The molecule has 0 radical (unpaired) electrons. The molecular formula is C10H11N5O. The summed E-state index contributed by atoms with van der Waals surface area (Å²) in [6.07, 6.45) is 2.87. The molecule has 0 bridgehead atoms. The number of nitrogens with zero attached hydrogens (tertiary/aromatic N) is 3. The quantitative estimate of drug-likeness (QED) is 0.733. The van der Waals surface area contributed by atoms with Gasteiger partial charge in [-0.05, 0) is 18.2 Å². The highest BCUT2D eigenvalue weighted by Crippen LogP contribution is 2.11. The maximum Gasteiger partial charge on any atom is 0.246 e. The van der Waals surface area contributed by atoms with Gasteiger partial charge >= 0.3 is 0 Å². The van der Waals surface area contributed by atoms with Gasteiger partial charge in [-0.15, -0.1) is 0 Å². The van der Waals surface area contributed by atoms with Crippen molar-refractivity contribution in [2.45, 2.75) is 6.54 Å². The van der Waals surface area contributed by atoms with E-state index in [0.717, 1.165) is 0 Å². The van der Waals surface area contributed by atoms with Gasteiger partial charge in [0, 0.05) is 11.4 Å². The molecule has 3 N–H and O–H groups in total. The molecule has 0 aliphatic carbocycles. The molecule has 82 valence electrons. The molecule has 0 unspecified atom stereocenters. The molecule has 0 spiro atoms. The lowest BCUT2D eigenvalue weighted by Gasteiger charge is -2.05. The molecule has 1 amide bonds. The molecule has 2 rings (SSSR count). The van der Waals surface area contributed by atoms with Crippen LogP contribution < -0.4 is 11.1 Å². The van der Waals surface area contributed by atoms with Crippen molar-refractivity contribution < 1.29 is 4.79 Å². The topological polar surface area (TPSA) is 85.8 Å². The van der Waals surface area contributed by atoms with Crippen LogP contribution in [-0.4, -0.2) is 20.7 Å². The van der Waals surface area contributed by atoms with Crippen molar-refractivity contribution >= 4 is 17.3 Å². The number of amides is 1. The van der Waals surface area contributed by atoms with Crippen LogP contribution >= 0.6 is 0 Å². The highest BCUT2D eigenvalue weighted by atomic mass is 16.2. The van der Waals surface area contributed by atoms with Crippen LogP contribution in [0, 0.1) is 0 Å². The Morgan fingerprint density at radius 1 is 1.50 bits per heavy atom. The lowest BCUT2D eigenvalue weighted by molar-refractivity contribution is -0.116. The van der Waals surface area contributed by atoms with Crippen molar-refractivity contribution in [1.29, 1.82) is 0 Å². The molecule has 6 heteroatoms. The van der Waals surface area contributed by atoms with E-state index in [-0.39, 0.29) is 12.5 Å². The normalized spacial score (nSPS) is 10.0. The summed E-state index contributed by atoms with van der Waals surface area (Å²) in [4.78, 5) is 15.3. The second-order valence-electron chi connectivity index (χ2n) is 3.27. The van der Waals surface area contributed by atoms with Crippen molar-refractivity contribution in [2.75, 3.05) is 11.1 Å². The molecule has 16 heavy (non-hydrogen) atoms. The minimum absolute atomic E-state index is 0.134. The Kier molecular flexibility index (Phi) is 2.81. The van der Waals surface area contributed by atoms with Gasteiger partial charge in [0.1, 0.15) is 19.2 Å². The first kappa shape index (κ1) is 10.2. The summed E-state index contributed by atoms with van der Waals surface area (Å²) >= 11 is 0. The molecule has 0 aliphatic heterocycles. The van der Waals surface area contributed by atoms with E-state index in [1.165, 1.54) is 17.3 Å². The predicted octanol–water partition coefficient (Wildman–Crippen LogP) is 0.499. The van der Waals surface area contributed by atoms with Gasteiger partial charge in [-0.25, -0.2) is 9.67 Å². The average molecular weight is 217 g/mol. The largest absolute Gasteiger partial charge is 0.399 e. The number of hydrogen-bond donors (Lipinski definition) is 2. The van der Waals surface area contributed by atoms with Crippen LogP contribution in [0.1, 0.15) is 0 Å². The summed E-state index contributed by atoms with van der Waals surface area (Å²) in [7, 11) is 0. The Morgan fingerprint density at radius 2 is 2.38 bits per heavy atom. The first-order valence-electron chi connectivity index (χ1n) is 4.72. The molecule has 0 atom stereocenters. The van der Waals surface area contributed by atoms with Gasteiger partial charge in [0.25, 0.3) is 0 Å². The van der Waals surface area contributed by atoms with Gasteiger partial charge in [0.2, 0.25) is 5.91 Å². The third-order valence-corrected chi connectivity index (χ3v) is 1.94. The van der Waals surface area contributed by atoms with Gasteiger partial charge in [0.05, 0.1) is 0 Å². The van der Waals surface area contributed by atoms with Crippen molar-refractivity contribution in [2.24, 2.45) is 0 Å². The number of nitrogens with one attached hydrogen (secondary N) is 1. The number of aromatic nitrogens is 3. The maximum atomic E-state index is 11.6. The van der Waals surface area contributed by atoms with Crippen LogP contribution in [0.2, 0.25) is 0 Å². The van der Waals surface area contributed by atoms with E-state index < -0.39 is 0 Å². The number of carbonyl (C=O) groups excluding carboxylic acids is 1. The first-order valence-corrected chi connectivity index (χ1v) is 4.72. The standard InChI is InChI=1S/C10H11N5O/c11-8-2-1-3-9(4-8)14-10(16)5-15-7-12-6-13-15/h1-4,6-7H,5,11H2,(H,14,16). The zero-order valence-corrected chi connectivity index (χ0v) is 8.50. The summed E-state index contributed by atoms with van der Waals surface area (Å²) in [5.41, 5.74) is 6.87. The zero-order valence-electron chi connectivity index (χ0n) is 8.50. The molecule has 0 saturated carbocycles. The van der Waals surface area contributed by atoms with E-state index in [4.69, 9.17) is 5.73 Å². The van der Waals surface area contributed by atoms with Crippen LogP contribution in [-0.2, 0) is 11.3 Å². The summed E-state index contributed by atoms with van der Waals surface area (Å²) in [6, 6.07) is 7.00. The predicted molar refractivity (Wildman–Crippen MR) is 59.5 cm³/mol. The molecular weight excluding hydrogens is 206 g/mol. The highest BCUT2D eigenvalue weighted by molar-refractivity contribution is 5.90. The van der Waals surface area contributed by atoms with Crippen LogP contribution in [0.3, 0.4) is 0 Å². The van der Waals surface area contributed by atoms with Crippen molar-refractivity contribution in [3.05, 3.63) is 36.9 Å². The van der Waals surface area contributed by atoms with Crippen molar-refractivity contribution in [3.8, 4) is 0 Å². The van der Waals surface area contributed by atoms with E-state index in [1.54, 1.807) is 24.3 Å². The summed E-state index contributed by atoms with van der Waals surface area (Å²) in [5, 5.41) is 6.55. The van der Waals surface area contributed by atoms with Gasteiger partial charge in [-0.1, -0.05) is 6.07 Å². The van der Waals surface area contributed by atoms with Gasteiger partial charge in [-0.2, -0.15) is 5.10 Å². The molecule has 1 heterocycles. The monoisotopic (exact) mass is 217 g/mol. The fourth-order valence-corrected chi connectivity index (χ4v) is 1.28. The van der Waals surface area contributed by atoms with Gasteiger partial charge < -0.3 is 11.1 Å². The number of rotatable bonds is 3. The van der Waals surface area contributed by atoms with Crippen LogP contribution in [0.4, 0.5) is 11.4 Å². The molecule has 0 saturated heterocycles. The minimum Gasteiger partial charge on any atom is -0.399 e. The van der Waals surface area contributed by atoms with E-state index in [9.17, 15) is 4.79 Å². The third-order valence-electron chi connectivity index (χ3n) is 1.94. The number of benzene rings is 1. The Bertz CT molecular complexity index is 480. The molecule has 2 aromatic rings. The molecule has 0 aliphatic rings. The highest BCUT2D eigenvalue weighted by Gasteiger charge is 2.03. The molecule has 0 fully saturated rings. The van der Waals surface area contributed by atoms with Crippen LogP contribution in [0.15, 0.2) is 36.9 Å². The maximum absolute atomic E-state index is 11.6. The number of anilines is 2. The van der Waals surface area contributed by atoms with Crippen LogP contribution in [0.5, 0.6) is 0 Å². The van der Waals surface area contributed by atoms with E-state index in [1.807, 2.05) is 0 Å². The number of nitrogen functional groups attached to an aromatic ring is 1. The SMILES string of the molecule is Nc1cccc(NC(=O)Cn2cncn2)c1. The average Bonchev–Trinajstić information content (AvgIpc) is 2.70. The van der Waals surface area contributed by atoms with Gasteiger partial charge in [0.15, 0.2) is 0 Å². The molecule has 1 aromatic heterocycles. The summed E-state index contributed by atoms with van der Waals surface area (Å²) in [5.74, 6) is -0.170. The minimum atomic E-state index is -0.170. The second kappa shape index (κ2) is 4.43. The third kappa shape index (κ3) is 2.57. The van der Waals surface area contributed by atoms with Crippen molar-refractivity contribution in [3.63, 3.8) is 0 Å². The number of nitrogens with two attached hydrogens (primary N) is 1. The number of carbonyl (C=O) groups is 1. The second-order valence-corrected chi connectivity index (χ2v) is 3.27. The Hall–Kier alpha value is -2.37. The Labute approximate surface area is 92.1 Å². The first-order chi connectivity index (χ1) is 7.74. The van der Waals surface area contributed by atoms with E-state index in [2.05, 4.69) is 15.4 Å². The summed E-state index contributed by atoms with van der Waals surface area (Å²) in [6.45, 7) is 0.134.